The third-order valence-electron chi connectivity index (χ3n) is 2.82. The zero-order chi connectivity index (χ0) is 12.3. The summed E-state index contributed by atoms with van der Waals surface area (Å²) < 4.78 is 5.78. The maximum absolute atomic E-state index is 11.7. The van der Waals surface area contributed by atoms with Gasteiger partial charge in [0.05, 0.1) is 18.4 Å². The topological polar surface area (TPSA) is 41.6 Å². The lowest BCUT2D eigenvalue weighted by molar-refractivity contribution is 0.0601. The summed E-state index contributed by atoms with van der Waals surface area (Å²) in [5.74, 6) is -0.286. The van der Waals surface area contributed by atoms with Crippen molar-refractivity contribution in [2.75, 3.05) is 38.2 Å². The van der Waals surface area contributed by atoms with Crippen molar-refractivity contribution in [2.45, 2.75) is 0 Å². The number of anilines is 1. The van der Waals surface area contributed by atoms with Crippen LogP contribution in [-0.2, 0) is 4.74 Å². The van der Waals surface area contributed by atoms with E-state index in [-0.39, 0.29) is 5.97 Å². The van der Waals surface area contributed by atoms with Gasteiger partial charge in [-0.2, -0.15) is 0 Å². The molecule has 2 rings (SSSR count). The second-order valence-corrected chi connectivity index (χ2v) is 4.81. The fourth-order valence-corrected chi connectivity index (χ4v) is 2.30. The predicted octanol–water partition coefficient (Wildman–Crippen LogP) is 1.65. The number of rotatable bonds is 2. The number of ether oxygens (including phenoxy) is 1. The van der Waals surface area contributed by atoms with E-state index in [4.69, 9.17) is 4.74 Å². The Balaban J connectivity index is 2.35. The Morgan fingerprint density at radius 3 is 2.76 bits per heavy atom. The minimum atomic E-state index is -0.286. The summed E-state index contributed by atoms with van der Waals surface area (Å²) in [7, 11) is 1.41. The van der Waals surface area contributed by atoms with Gasteiger partial charge in [0, 0.05) is 30.7 Å². The third-order valence-corrected chi connectivity index (χ3v) is 3.32. The van der Waals surface area contributed by atoms with Gasteiger partial charge in [0.15, 0.2) is 0 Å². The Bertz CT molecular complexity index is 417. The van der Waals surface area contributed by atoms with Crippen LogP contribution >= 0.6 is 15.9 Å². The van der Waals surface area contributed by atoms with E-state index < -0.39 is 0 Å². The molecule has 1 heterocycles. The molecule has 1 N–H and O–H groups in total. The van der Waals surface area contributed by atoms with Gasteiger partial charge in [-0.05, 0) is 18.2 Å². The molecule has 1 aromatic rings. The van der Waals surface area contributed by atoms with Crippen molar-refractivity contribution in [3.05, 3.63) is 28.2 Å². The van der Waals surface area contributed by atoms with E-state index in [2.05, 4.69) is 26.1 Å². The van der Waals surface area contributed by atoms with Crippen molar-refractivity contribution in [1.29, 1.82) is 0 Å². The highest BCUT2D eigenvalue weighted by atomic mass is 79.9. The van der Waals surface area contributed by atoms with Crippen molar-refractivity contribution < 1.29 is 9.53 Å². The Morgan fingerprint density at radius 2 is 2.12 bits per heavy atom. The molecule has 4 nitrogen and oxygen atoms in total. The van der Waals surface area contributed by atoms with Gasteiger partial charge in [0.2, 0.25) is 0 Å². The SMILES string of the molecule is COC(=O)c1ccc(Br)cc1N1CCNCC1. The second kappa shape index (κ2) is 5.51. The molecule has 0 saturated carbocycles. The van der Waals surface area contributed by atoms with Crippen molar-refractivity contribution in [1.82, 2.24) is 5.32 Å². The van der Waals surface area contributed by atoms with Crippen LogP contribution in [0.15, 0.2) is 22.7 Å². The number of carbonyl (C=O) groups is 1. The van der Waals surface area contributed by atoms with E-state index in [1.807, 2.05) is 12.1 Å². The fourth-order valence-electron chi connectivity index (χ4n) is 1.95. The molecule has 17 heavy (non-hydrogen) atoms. The fraction of sp³-hybridized carbons (Fsp3) is 0.417. The van der Waals surface area contributed by atoms with Gasteiger partial charge < -0.3 is 15.0 Å². The van der Waals surface area contributed by atoms with Gasteiger partial charge in [-0.25, -0.2) is 4.79 Å². The highest BCUT2D eigenvalue weighted by Crippen LogP contribution is 2.26. The molecule has 0 aromatic heterocycles. The van der Waals surface area contributed by atoms with Crippen LogP contribution in [0.1, 0.15) is 10.4 Å². The van der Waals surface area contributed by atoms with E-state index in [9.17, 15) is 4.79 Å². The number of benzene rings is 1. The number of nitrogens with zero attached hydrogens (tertiary/aromatic N) is 1. The van der Waals surface area contributed by atoms with Crippen LogP contribution in [0.25, 0.3) is 0 Å². The first kappa shape index (κ1) is 12.4. The minimum absolute atomic E-state index is 0.286. The smallest absolute Gasteiger partial charge is 0.339 e. The maximum atomic E-state index is 11.7. The van der Waals surface area contributed by atoms with Crippen LogP contribution in [0.5, 0.6) is 0 Å². The zero-order valence-electron chi connectivity index (χ0n) is 9.70. The minimum Gasteiger partial charge on any atom is -0.465 e. The molecule has 5 heteroatoms. The number of carbonyl (C=O) groups excluding carboxylic acids is 1. The number of hydrogen-bond acceptors (Lipinski definition) is 4. The largest absolute Gasteiger partial charge is 0.465 e. The molecule has 0 bridgehead atoms. The lowest BCUT2D eigenvalue weighted by Crippen LogP contribution is -2.44. The van der Waals surface area contributed by atoms with Crippen LogP contribution in [0.4, 0.5) is 5.69 Å². The highest BCUT2D eigenvalue weighted by Gasteiger charge is 2.18. The molecule has 0 amide bonds. The molecule has 1 saturated heterocycles. The monoisotopic (exact) mass is 298 g/mol. The Morgan fingerprint density at radius 1 is 1.41 bits per heavy atom. The summed E-state index contributed by atoms with van der Waals surface area (Å²) in [5, 5.41) is 3.29. The molecule has 0 spiro atoms. The molecule has 0 radical (unpaired) electrons. The maximum Gasteiger partial charge on any atom is 0.339 e. The summed E-state index contributed by atoms with van der Waals surface area (Å²) >= 11 is 3.44. The molecule has 1 aliphatic rings. The van der Waals surface area contributed by atoms with Gasteiger partial charge >= 0.3 is 5.97 Å². The number of methoxy groups -OCH3 is 1. The number of piperazine rings is 1. The average Bonchev–Trinajstić information content (AvgIpc) is 2.39. The molecule has 0 atom stereocenters. The average molecular weight is 299 g/mol. The normalized spacial score (nSPS) is 15.8. The van der Waals surface area contributed by atoms with Crippen LogP contribution in [0.2, 0.25) is 0 Å². The van der Waals surface area contributed by atoms with E-state index in [0.29, 0.717) is 5.56 Å². The lowest BCUT2D eigenvalue weighted by Gasteiger charge is -2.30. The Labute approximate surface area is 109 Å². The van der Waals surface area contributed by atoms with Gasteiger partial charge in [-0.15, -0.1) is 0 Å². The van der Waals surface area contributed by atoms with Gasteiger partial charge in [-0.3, -0.25) is 0 Å². The van der Waals surface area contributed by atoms with Gasteiger partial charge in [-0.1, -0.05) is 15.9 Å². The standard InChI is InChI=1S/C12H15BrN2O2/c1-17-12(16)10-3-2-9(13)8-11(10)15-6-4-14-5-7-15/h2-3,8,14H,4-7H2,1H3. The molecule has 0 unspecified atom stereocenters. The number of esters is 1. The Hall–Kier alpha value is -1.07. The Kier molecular flexibility index (Phi) is 4.02. The molecule has 0 aliphatic carbocycles. The van der Waals surface area contributed by atoms with Crippen molar-refractivity contribution in [3.8, 4) is 0 Å². The molecule has 1 fully saturated rings. The number of nitrogens with one attached hydrogen (secondary N) is 1. The molecule has 1 aliphatic heterocycles. The van der Waals surface area contributed by atoms with Crippen LogP contribution in [-0.4, -0.2) is 39.3 Å². The van der Waals surface area contributed by atoms with Crippen molar-refractivity contribution in [2.24, 2.45) is 0 Å². The quantitative estimate of drug-likeness (QED) is 0.843. The summed E-state index contributed by atoms with van der Waals surface area (Å²) in [5.41, 5.74) is 1.56. The van der Waals surface area contributed by atoms with E-state index in [1.165, 1.54) is 7.11 Å². The zero-order valence-corrected chi connectivity index (χ0v) is 11.3. The molecular formula is C12H15BrN2O2. The van der Waals surface area contributed by atoms with Gasteiger partial charge in [0.1, 0.15) is 0 Å². The second-order valence-electron chi connectivity index (χ2n) is 3.89. The van der Waals surface area contributed by atoms with Gasteiger partial charge in [0.25, 0.3) is 0 Å². The summed E-state index contributed by atoms with van der Waals surface area (Å²) in [4.78, 5) is 13.9. The van der Waals surface area contributed by atoms with Crippen LogP contribution in [0.3, 0.4) is 0 Å². The first-order valence-electron chi connectivity index (χ1n) is 5.56. The van der Waals surface area contributed by atoms with E-state index in [1.54, 1.807) is 6.07 Å². The molecule has 1 aromatic carbocycles. The summed E-state index contributed by atoms with van der Waals surface area (Å²) in [6, 6.07) is 5.63. The molecule has 92 valence electrons. The molecular weight excluding hydrogens is 284 g/mol. The number of halogens is 1. The predicted molar refractivity (Wildman–Crippen MR) is 70.6 cm³/mol. The first-order valence-corrected chi connectivity index (χ1v) is 6.35. The third kappa shape index (κ3) is 2.79. The number of hydrogen-bond donors (Lipinski definition) is 1. The lowest BCUT2D eigenvalue weighted by atomic mass is 10.1. The van der Waals surface area contributed by atoms with E-state index in [0.717, 1.165) is 36.3 Å². The van der Waals surface area contributed by atoms with Crippen molar-refractivity contribution >= 4 is 27.6 Å². The summed E-state index contributed by atoms with van der Waals surface area (Å²) in [6.07, 6.45) is 0. The van der Waals surface area contributed by atoms with Crippen molar-refractivity contribution in [3.63, 3.8) is 0 Å². The summed E-state index contributed by atoms with van der Waals surface area (Å²) in [6.45, 7) is 3.68. The van der Waals surface area contributed by atoms with Crippen LogP contribution < -0.4 is 10.2 Å². The van der Waals surface area contributed by atoms with Crippen LogP contribution in [0, 0.1) is 0 Å². The highest BCUT2D eigenvalue weighted by molar-refractivity contribution is 9.10. The first-order chi connectivity index (χ1) is 8.22. The van der Waals surface area contributed by atoms with E-state index >= 15 is 0 Å².